The number of rotatable bonds is 6. The van der Waals surface area contributed by atoms with Gasteiger partial charge in [-0.2, -0.15) is 10.5 Å². The zero-order valence-corrected chi connectivity index (χ0v) is 33.0. The number of nitriles is 2. The van der Waals surface area contributed by atoms with Crippen molar-refractivity contribution in [1.29, 1.82) is 10.5 Å². The molecule has 0 saturated carbocycles. The standard InChI is InChI=1S/C55H31N7/c1-58-50-30-40(49-32-48(38-18-14-35(33-56)15-19-38)59-55(60-49)39-20-16-36(34-57)17-21-39)24-28-43(50)37-22-25-41(26-23-37)61-53-13-7-4-10-46(53)47-31-42(27-29-54(47)61)62-51-11-5-2-8-44(51)45-9-3-6-12-52(45)62/h2-32H. The van der Waals surface area contributed by atoms with Gasteiger partial charge in [-0.3, -0.25) is 0 Å². The fourth-order valence-electron chi connectivity index (χ4n) is 8.68. The molecule has 0 aliphatic rings. The zero-order valence-electron chi connectivity index (χ0n) is 33.0. The highest BCUT2D eigenvalue weighted by molar-refractivity contribution is 6.12. The number of aromatic nitrogens is 4. The number of fused-ring (bicyclic) bond motifs is 6. The second-order valence-electron chi connectivity index (χ2n) is 15.2. The van der Waals surface area contributed by atoms with Crippen LogP contribution in [-0.2, 0) is 0 Å². The van der Waals surface area contributed by atoms with Crippen molar-refractivity contribution in [2.24, 2.45) is 0 Å². The van der Waals surface area contributed by atoms with Gasteiger partial charge in [0.1, 0.15) is 0 Å². The molecule has 7 heteroatoms. The fraction of sp³-hybridized carbons (Fsp3) is 0. The van der Waals surface area contributed by atoms with Crippen LogP contribution in [0.5, 0.6) is 0 Å². The first-order chi connectivity index (χ1) is 30.6. The number of hydrogen-bond donors (Lipinski definition) is 0. The smallest absolute Gasteiger partial charge is 0.195 e. The molecule has 11 aromatic rings. The Morgan fingerprint density at radius 1 is 0.419 bits per heavy atom. The van der Waals surface area contributed by atoms with Gasteiger partial charge in [-0.25, -0.2) is 14.8 Å². The highest BCUT2D eigenvalue weighted by Gasteiger charge is 2.18. The predicted octanol–water partition coefficient (Wildman–Crippen LogP) is 13.6. The Morgan fingerprint density at radius 2 is 0.887 bits per heavy atom. The Morgan fingerprint density at radius 3 is 1.47 bits per heavy atom. The van der Waals surface area contributed by atoms with Crippen molar-refractivity contribution in [2.45, 2.75) is 0 Å². The molecule has 0 unspecified atom stereocenters. The molecule has 11 rings (SSSR count). The molecule has 0 amide bonds. The van der Waals surface area contributed by atoms with Crippen molar-refractivity contribution in [3.8, 4) is 68.5 Å². The van der Waals surface area contributed by atoms with Crippen LogP contribution in [0.15, 0.2) is 188 Å². The van der Waals surface area contributed by atoms with Crippen LogP contribution < -0.4 is 0 Å². The summed E-state index contributed by atoms with van der Waals surface area (Å²) < 4.78 is 4.67. The van der Waals surface area contributed by atoms with E-state index in [4.69, 9.17) is 16.5 Å². The van der Waals surface area contributed by atoms with Gasteiger partial charge < -0.3 is 9.13 Å². The summed E-state index contributed by atoms with van der Waals surface area (Å²) in [5.74, 6) is 0.489. The van der Waals surface area contributed by atoms with Crippen LogP contribution in [0.25, 0.3) is 105 Å². The van der Waals surface area contributed by atoms with Crippen LogP contribution in [0.3, 0.4) is 0 Å². The summed E-state index contributed by atoms with van der Waals surface area (Å²) in [6, 6.07) is 67.4. The van der Waals surface area contributed by atoms with Crippen molar-refractivity contribution >= 4 is 49.3 Å². The number of hydrogen-bond acceptors (Lipinski definition) is 4. The summed E-state index contributed by atoms with van der Waals surface area (Å²) in [5.41, 5.74) is 13.8. The molecule has 7 nitrogen and oxygen atoms in total. The Labute approximate surface area is 356 Å². The predicted molar refractivity (Wildman–Crippen MR) is 248 cm³/mol. The molecule has 0 saturated heterocycles. The first kappa shape index (κ1) is 36.0. The van der Waals surface area contributed by atoms with E-state index >= 15 is 0 Å². The monoisotopic (exact) mass is 789 g/mol. The highest BCUT2D eigenvalue weighted by Crippen LogP contribution is 2.39. The molecule has 0 aliphatic carbocycles. The third-order valence-electron chi connectivity index (χ3n) is 11.7. The van der Waals surface area contributed by atoms with E-state index in [0.717, 1.165) is 50.2 Å². The van der Waals surface area contributed by atoms with Gasteiger partial charge in [0.2, 0.25) is 0 Å². The number of para-hydroxylation sites is 3. The summed E-state index contributed by atoms with van der Waals surface area (Å²) in [6.07, 6.45) is 0. The first-order valence-electron chi connectivity index (χ1n) is 20.1. The lowest BCUT2D eigenvalue weighted by Gasteiger charge is -2.13. The average molecular weight is 790 g/mol. The Balaban J connectivity index is 0.972. The van der Waals surface area contributed by atoms with Crippen LogP contribution in [0, 0.1) is 29.2 Å². The van der Waals surface area contributed by atoms with Crippen molar-refractivity contribution < 1.29 is 0 Å². The molecule has 0 atom stereocenters. The van der Waals surface area contributed by atoms with Gasteiger partial charge in [0.15, 0.2) is 11.5 Å². The summed E-state index contributed by atoms with van der Waals surface area (Å²) >= 11 is 0. The van der Waals surface area contributed by atoms with Crippen LogP contribution in [0.2, 0.25) is 0 Å². The lowest BCUT2D eigenvalue weighted by Crippen LogP contribution is -1.96. The maximum atomic E-state index is 9.38. The summed E-state index contributed by atoms with van der Waals surface area (Å²) in [6.45, 7) is 8.25. The average Bonchev–Trinajstić information content (AvgIpc) is 3.86. The summed E-state index contributed by atoms with van der Waals surface area (Å²) in [5, 5.41) is 23.6. The molecule has 8 aromatic carbocycles. The third-order valence-corrected chi connectivity index (χ3v) is 11.7. The van der Waals surface area contributed by atoms with Crippen LogP contribution in [0.4, 0.5) is 5.69 Å². The van der Waals surface area contributed by atoms with E-state index < -0.39 is 0 Å². The molecular formula is C55H31N7. The van der Waals surface area contributed by atoms with Crippen molar-refractivity contribution in [2.75, 3.05) is 0 Å². The largest absolute Gasteiger partial charge is 0.309 e. The van der Waals surface area contributed by atoms with Crippen molar-refractivity contribution in [3.63, 3.8) is 0 Å². The maximum Gasteiger partial charge on any atom is 0.195 e. The molecule has 0 bridgehead atoms. The van der Waals surface area contributed by atoms with E-state index in [-0.39, 0.29) is 0 Å². The van der Waals surface area contributed by atoms with E-state index in [1.165, 1.54) is 32.6 Å². The fourth-order valence-corrected chi connectivity index (χ4v) is 8.68. The van der Waals surface area contributed by atoms with Crippen molar-refractivity contribution in [3.05, 3.63) is 211 Å². The number of benzene rings is 8. The highest BCUT2D eigenvalue weighted by atomic mass is 15.0. The molecular weight excluding hydrogens is 759 g/mol. The molecule has 286 valence electrons. The molecule has 62 heavy (non-hydrogen) atoms. The molecule has 0 spiro atoms. The van der Waals surface area contributed by atoms with E-state index in [1.54, 1.807) is 24.3 Å². The molecule has 0 radical (unpaired) electrons. The van der Waals surface area contributed by atoms with E-state index in [0.29, 0.717) is 34.0 Å². The molecule has 3 aromatic heterocycles. The zero-order chi connectivity index (χ0) is 41.7. The maximum absolute atomic E-state index is 9.38. The van der Waals surface area contributed by atoms with Gasteiger partial charge in [0.05, 0.1) is 63.3 Å². The van der Waals surface area contributed by atoms with Crippen molar-refractivity contribution in [1.82, 2.24) is 19.1 Å². The second-order valence-corrected chi connectivity index (χ2v) is 15.2. The van der Waals surface area contributed by atoms with Gasteiger partial charge in [-0.15, -0.1) is 0 Å². The van der Waals surface area contributed by atoms with Crippen LogP contribution in [0.1, 0.15) is 11.1 Å². The summed E-state index contributed by atoms with van der Waals surface area (Å²) in [7, 11) is 0. The second kappa shape index (κ2) is 14.6. The molecule has 0 aliphatic heterocycles. The lowest BCUT2D eigenvalue weighted by atomic mass is 9.99. The van der Waals surface area contributed by atoms with Gasteiger partial charge in [-0.1, -0.05) is 91.0 Å². The molecule has 0 N–H and O–H groups in total. The minimum Gasteiger partial charge on any atom is -0.309 e. The van der Waals surface area contributed by atoms with Gasteiger partial charge in [0, 0.05) is 44.0 Å². The quantitative estimate of drug-likeness (QED) is 0.157. The summed E-state index contributed by atoms with van der Waals surface area (Å²) in [4.78, 5) is 13.8. The molecule has 3 heterocycles. The topological polar surface area (TPSA) is 87.6 Å². The van der Waals surface area contributed by atoms with Crippen LogP contribution in [-0.4, -0.2) is 19.1 Å². The molecule has 0 fully saturated rings. The lowest BCUT2D eigenvalue weighted by molar-refractivity contribution is 1.17. The normalized spacial score (nSPS) is 11.2. The number of nitrogens with zero attached hydrogens (tertiary/aromatic N) is 7. The Bertz CT molecular complexity index is 3570. The van der Waals surface area contributed by atoms with Gasteiger partial charge >= 0.3 is 0 Å². The minimum absolute atomic E-state index is 0.489. The van der Waals surface area contributed by atoms with Gasteiger partial charge in [-0.05, 0) is 114 Å². The van der Waals surface area contributed by atoms with E-state index in [1.807, 2.05) is 48.5 Å². The SMILES string of the molecule is [C-]#[N+]c1cc(-c2cc(-c3ccc(C#N)cc3)nc(-c3ccc(C#N)cc3)n2)ccc1-c1ccc(-n2c3ccccc3c3cc(-n4c5ccccc5c5ccccc54)ccc32)cc1. The Hall–Kier alpha value is -9.09. The van der Waals surface area contributed by atoms with Gasteiger partial charge in [0.25, 0.3) is 0 Å². The third kappa shape index (κ3) is 5.96. The van der Waals surface area contributed by atoms with Crippen LogP contribution >= 0.6 is 0 Å². The first-order valence-corrected chi connectivity index (χ1v) is 20.1. The van der Waals surface area contributed by atoms with E-state index in [9.17, 15) is 10.5 Å². The minimum atomic E-state index is 0.489. The van der Waals surface area contributed by atoms with E-state index in [2.05, 4.69) is 141 Å². The Kier molecular flexibility index (Phi) is 8.50.